The van der Waals surface area contributed by atoms with Gasteiger partial charge in [-0.3, -0.25) is 4.79 Å². The zero-order valence-corrected chi connectivity index (χ0v) is 17.7. The molecule has 2 aromatic heterocycles. The number of thiophene rings is 1. The van der Waals surface area contributed by atoms with E-state index in [1.807, 2.05) is 24.4 Å². The van der Waals surface area contributed by atoms with Crippen LogP contribution in [0.1, 0.15) is 24.3 Å². The number of piperidine rings is 1. The van der Waals surface area contributed by atoms with E-state index in [0.717, 1.165) is 40.8 Å². The molecule has 1 amide bonds. The van der Waals surface area contributed by atoms with Gasteiger partial charge in [-0.25, -0.2) is 13.1 Å². The van der Waals surface area contributed by atoms with Crippen molar-refractivity contribution in [1.82, 2.24) is 14.6 Å². The summed E-state index contributed by atoms with van der Waals surface area (Å²) in [5, 5.41) is 2.85. The van der Waals surface area contributed by atoms with Crippen molar-refractivity contribution in [2.24, 2.45) is 0 Å². The lowest BCUT2D eigenvalue weighted by Gasteiger charge is -2.32. The monoisotopic (exact) mass is 433 g/mol. The van der Waals surface area contributed by atoms with Crippen LogP contribution in [0.15, 0.2) is 46.1 Å². The van der Waals surface area contributed by atoms with Crippen LogP contribution in [0.4, 0.5) is 0 Å². The fourth-order valence-corrected chi connectivity index (χ4v) is 5.79. The molecule has 0 bridgehead atoms. The molecule has 1 aliphatic rings. The van der Waals surface area contributed by atoms with E-state index in [9.17, 15) is 13.2 Å². The van der Waals surface area contributed by atoms with E-state index in [1.54, 1.807) is 23.5 Å². The predicted molar refractivity (Wildman–Crippen MR) is 113 cm³/mol. The number of H-pyrrole nitrogens is 1. The average Bonchev–Trinajstić information content (AvgIpc) is 3.42. The van der Waals surface area contributed by atoms with E-state index in [-0.39, 0.29) is 16.7 Å². The van der Waals surface area contributed by atoms with Gasteiger partial charge >= 0.3 is 0 Å². The van der Waals surface area contributed by atoms with Crippen molar-refractivity contribution in [3.63, 3.8) is 0 Å². The number of methoxy groups -OCH3 is 1. The van der Waals surface area contributed by atoms with Crippen LogP contribution in [0.25, 0.3) is 10.9 Å². The third kappa shape index (κ3) is 4.17. The smallest absolute Gasteiger partial charge is 0.250 e. The summed E-state index contributed by atoms with van der Waals surface area (Å²) >= 11 is 1.13. The normalized spacial score (nSPS) is 15.7. The van der Waals surface area contributed by atoms with Crippen molar-refractivity contribution in [3.05, 3.63) is 47.5 Å². The summed E-state index contributed by atoms with van der Waals surface area (Å²) in [6.07, 6.45) is 3.72. The Labute approximate surface area is 173 Å². The number of fused-ring (bicyclic) bond motifs is 1. The average molecular weight is 434 g/mol. The topological polar surface area (TPSA) is 91.5 Å². The molecule has 1 fully saturated rings. The van der Waals surface area contributed by atoms with Gasteiger partial charge in [0.05, 0.1) is 13.7 Å². The molecule has 2 N–H and O–H groups in total. The number of sulfonamides is 1. The number of carbonyl (C=O) groups is 1. The van der Waals surface area contributed by atoms with Gasteiger partial charge in [0.2, 0.25) is 5.91 Å². The maximum atomic E-state index is 12.5. The van der Waals surface area contributed by atoms with Crippen molar-refractivity contribution in [2.75, 3.05) is 26.7 Å². The van der Waals surface area contributed by atoms with E-state index < -0.39 is 10.0 Å². The van der Waals surface area contributed by atoms with E-state index >= 15 is 0 Å². The summed E-state index contributed by atoms with van der Waals surface area (Å²) in [5.74, 6) is 0.982. The van der Waals surface area contributed by atoms with E-state index in [2.05, 4.69) is 9.71 Å². The maximum absolute atomic E-state index is 12.5. The predicted octanol–water partition coefficient (Wildman–Crippen LogP) is 2.92. The highest BCUT2D eigenvalue weighted by Crippen LogP contribution is 2.34. The Hall–Kier alpha value is -2.36. The number of rotatable bonds is 6. The quantitative estimate of drug-likeness (QED) is 0.625. The number of amides is 1. The molecule has 0 radical (unpaired) electrons. The lowest BCUT2D eigenvalue weighted by atomic mass is 9.89. The van der Waals surface area contributed by atoms with Crippen LogP contribution in [0.5, 0.6) is 5.75 Å². The molecular weight excluding hydrogens is 410 g/mol. The molecule has 9 heteroatoms. The first-order valence-corrected chi connectivity index (χ1v) is 11.8. The molecule has 1 aromatic carbocycles. The molecule has 29 heavy (non-hydrogen) atoms. The van der Waals surface area contributed by atoms with Gasteiger partial charge in [0.1, 0.15) is 9.96 Å². The number of likely N-dealkylation sites (tertiary alicyclic amines) is 1. The SMILES string of the molecule is COc1ccc2[nH]cc(C3CCN(C(=O)CNS(=O)(=O)c4cccs4)CC3)c2c1. The first kappa shape index (κ1) is 19.9. The zero-order valence-electron chi connectivity index (χ0n) is 16.1. The Balaban J connectivity index is 1.36. The minimum absolute atomic E-state index is 0.191. The Kier molecular flexibility index (Phi) is 5.62. The van der Waals surface area contributed by atoms with Gasteiger partial charge in [-0.05, 0) is 54.0 Å². The molecule has 3 aromatic rings. The molecule has 0 unspecified atom stereocenters. The van der Waals surface area contributed by atoms with Crippen LogP contribution in [0.2, 0.25) is 0 Å². The molecule has 7 nitrogen and oxygen atoms in total. The fourth-order valence-electron chi connectivity index (χ4n) is 3.78. The summed E-state index contributed by atoms with van der Waals surface area (Å²) < 4.78 is 32.3. The molecule has 0 spiro atoms. The number of ether oxygens (including phenoxy) is 1. The molecule has 0 saturated carbocycles. The number of hydrogen-bond donors (Lipinski definition) is 2. The third-order valence-electron chi connectivity index (χ3n) is 5.38. The van der Waals surface area contributed by atoms with Gasteiger partial charge in [-0.1, -0.05) is 6.07 Å². The molecule has 4 rings (SSSR count). The molecule has 0 aliphatic carbocycles. The summed E-state index contributed by atoms with van der Waals surface area (Å²) in [6, 6.07) is 9.18. The largest absolute Gasteiger partial charge is 0.497 e. The Morgan fingerprint density at radius 2 is 2.10 bits per heavy atom. The maximum Gasteiger partial charge on any atom is 0.250 e. The summed E-state index contributed by atoms with van der Waals surface area (Å²) in [5.41, 5.74) is 2.31. The zero-order chi connectivity index (χ0) is 20.4. The first-order chi connectivity index (χ1) is 14.0. The second-order valence-electron chi connectivity index (χ2n) is 7.07. The number of nitrogens with one attached hydrogen (secondary N) is 2. The standard InChI is InChI=1S/C20H23N3O4S2/c1-27-15-4-5-18-16(11-15)17(12-21-18)14-6-8-23(9-7-14)19(24)13-22-29(25,26)20-3-2-10-28-20/h2-5,10-12,14,21-22H,6-9,13H2,1H3. The van der Waals surface area contributed by atoms with Crippen LogP contribution < -0.4 is 9.46 Å². The second kappa shape index (κ2) is 8.17. The number of carbonyl (C=O) groups excluding carboxylic acids is 1. The second-order valence-corrected chi connectivity index (χ2v) is 10.0. The van der Waals surface area contributed by atoms with E-state index in [1.165, 1.54) is 11.6 Å². The number of benzene rings is 1. The minimum atomic E-state index is -3.62. The van der Waals surface area contributed by atoms with Gasteiger partial charge in [-0.15, -0.1) is 11.3 Å². The van der Waals surface area contributed by atoms with E-state index in [0.29, 0.717) is 19.0 Å². The van der Waals surface area contributed by atoms with Crippen molar-refractivity contribution >= 4 is 38.2 Å². The molecule has 154 valence electrons. The van der Waals surface area contributed by atoms with E-state index in [4.69, 9.17) is 4.74 Å². The van der Waals surface area contributed by atoms with Gasteiger partial charge in [0.25, 0.3) is 10.0 Å². The summed E-state index contributed by atoms with van der Waals surface area (Å²) in [4.78, 5) is 17.5. The van der Waals surface area contributed by atoms with Crippen molar-refractivity contribution in [1.29, 1.82) is 0 Å². The summed E-state index contributed by atoms with van der Waals surface area (Å²) in [7, 11) is -1.97. The number of nitrogens with zero attached hydrogens (tertiary/aromatic N) is 1. The Bertz CT molecular complexity index is 1100. The van der Waals surface area contributed by atoms with Crippen LogP contribution in [-0.4, -0.2) is 51.0 Å². The van der Waals surface area contributed by atoms with Crippen molar-refractivity contribution in [2.45, 2.75) is 23.0 Å². The van der Waals surface area contributed by atoms with Gasteiger partial charge in [0, 0.05) is 30.2 Å². The highest BCUT2D eigenvalue weighted by Gasteiger charge is 2.26. The molecule has 3 heterocycles. The minimum Gasteiger partial charge on any atom is -0.497 e. The lowest BCUT2D eigenvalue weighted by Crippen LogP contribution is -2.43. The number of aromatic nitrogens is 1. The number of hydrogen-bond acceptors (Lipinski definition) is 5. The summed E-state index contributed by atoms with van der Waals surface area (Å²) in [6.45, 7) is 1.01. The highest BCUT2D eigenvalue weighted by atomic mass is 32.2. The van der Waals surface area contributed by atoms with Crippen LogP contribution in [0, 0.1) is 0 Å². The lowest BCUT2D eigenvalue weighted by molar-refractivity contribution is -0.130. The highest BCUT2D eigenvalue weighted by molar-refractivity contribution is 7.91. The van der Waals surface area contributed by atoms with Crippen molar-refractivity contribution < 1.29 is 17.9 Å². The Morgan fingerprint density at radius 3 is 2.79 bits per heavy atom. The van der Waals surface area contributed by atoms with Gasteiger partial charge in [0.15, 0.2) is 0 Å². The van der Waals surface area contributed by atoms with Gasteiger partial charge < -0.3 is 14.6 Å². The molecule has 1 aliphatic heterocycles. The number of aromatic amines is 1. The molecule has 1 saturated heterocycles. The fraction of sp³-hybridized carbons (Fsp3) is 0.350. The van der Waals surface area contributed by atoms with Crippen molar-refractivity contribution in [3.8, 4) is 5.75 Å². The van der Waals surface area contributed by atoms with Crippen LogP contribution in [-0.2, 0) is 14.8 Å². The first-order valence-electron chi connectivity index (χ1n) is 9.44. The Morgan fingerprint density at radius 1 is 1.31 bits per heavy atom. The van der Waals surface area contributed by atoms with Gasteiger partial charge in [-0.2, -0.15) is 0 Å². The van der Waals surface area contributed by atoms with Crippen LogP contribution >= 0.6 is 11.3 Å². The van der Waals surface area contributed by atoms with Crippen LogP contribution in [0.3, 0.4) is 0 Å². The molecule has 0 atom stereocenters. The molecular formula is C20H23N3O4S2. The third-order valence-corrected chi connectivity index (χ3v) is 8.18.